The summed E-state index contributed by atoms with van der Waals surface area (Å²) >= 11 is 1.69. The number of nitrogens with one attached hydrogen (secondary N) is 1. The SMILES string of the molecule is Cc1csc(CNCc2cnc(C)n2-c2ccccc2)n1. The molecule has 0 bridgehead atoms. The molecule has 3 rings (SSSR count). The van der Waals surface area contributed by atoms with Crippen LogP contribution in [0.15, 0.2) is 41.9 Å². The van der Waals surface area contributed by atoms with Crippen LogP contribution in [-0.2, 0) is 13.1 Å². The summed E-state index contributed by atoms with van der Waals surface area (Å²) < 4.78 is 2.18. The van der Waals surface area contributed by atoms with Crippen LogP contribution >= 0.6 is 11.3 Å². The van der Waals surface area contributed by atoms with Gasteiger partial charge >= 0.3 is 0 Å². The highest BCUT2D eigenvalue weighted by molar-refractivity contribution is 7.09. The van der Waals surface area contributed by atoms with Gasteiger partial charge in [0.05, 0.1) is 11.9 Å². The summed E-state index contributed by atoms with van der Waals surface area (Å²) in [5, 5.41) is 6.64. The van der Waals surface area contributed by atoms with E-state index in [0.717, 1.165) is 41.0 Å². The molecule has 0 atom stereocenters. The van der Waals surface area contributed by atoms with Crippen LogP contribution < -0.4 is 5.32 Å². The van der Waals surface area contributed by atoms with Crippen molar-refractivity contribution in [3.8, 4) is 5.69 Å². The number of para-hydroxylation sites is 1. The Morgan fingerprint density at radius 1 is 1.14 bits per heavy atom. The molecular formula is C16H18N4S. The maximum Gasteiger partial charge on any atom is 0.110 e. The fourth-order valence-electron chi connectivity index (χ4n) is 2.33. The molecule has 0 amide bonds. The molecule has 3 aromatic rings. The number of thiazole rings is 1. The third kappa shape index (κ3) is 3.20. The molecule has 0 fully saturated rings. The highest BCUT2D eigenvalue weighted by atomic mass is 32.1. The average molecular weight is 298 g/mol. The van der Waals surface area contributed by atoms with Crippen LogP contribution in [0.2, 0.25) is 0 Å². The van der Waals surface area contributed by atoms with E-state index in [1.165, 1.54) is 0 Å². The van der Waals surface area contributed by atoms with Gasteiger partial charge in [0.25, 0.3) is 0 Å². The van der Waals surface area contributed by atoms with Crippen LogP contribution in [-0.4, -0.2) is 14.5 Å². The van der Waals surface area contributed by atoms with Gasteiger partial charge < -0.3 is 5.32 Å². The van der Waals surface area contributed by atoms with E-state index >= 15 is 0 Å². The first-order chi connectivity index (χ1) is 10.2. The van der Waals surface area contributed by atoms with E-state index in [2.05, 4.69) is 37.4 Å². The molecule has 2 heterocycles. The summed E-state index contributed by atoms with van der Waals surface area (Å²) in [4.78, 5) is 8.89. The summed E-state index contributed by atoms with van der Waals surface area (Å²) in [6.45, 7) is 5.61. The largest absolute Gasteiger partial charge is 0.305 e. The number of aryl methyl sites for hydroxylation is 2. The minimum Gasteiger partial charge on any atom is -0.305 e. The molecule has 21 heavy (non-hydrogen) atoms. The number of imidazole rings is 1. The van der Waals surface area contributed by atoms with Gasteiger partial charge in [-0.2, -0.15) is 0 Å². The Balaban J connectivity index is 1.72. The van der Waals surface area contributed by atoms with Crippen LogP contribution in [0, 0.1) is 13.8 Å². The van der Waals surface area contributed by atoms with Crippen molar-refractivity contribution in [1.29, 1.82) is 0 Å². The highest BCUT2D eigenvalue weighted by Gasteiger charge is 2.08. The van der Waals surface area contributed by atoms with Crippen LogP contribution in [0.25, 0.3) is 5.69 Å². The lowest BCUT2D eigenvalue weighted by atomic mass is 10.3. The number of benzene rings is 1. The standard InChI is InChI=1S/C16H18N4S/c1-12-11-21-16(19-12)10-17-8-15-9-18-13(2)20(15)14-6-4-3-5-7-14/h3-7,9,11,17H,8,10H2,1-2H3. The van der Waals surface area contributed by atoms with Gasteiger partial charge in [-0.25, -0.2) is 9.97 Å². The minimum atomic E-state index is 0.772. The van der Waals surface area contributed by atoms with Crippen LogP contribution in [0.4, 0.5) is 0 Å². The van der Waals surface area contributed by atoms with Gasteiger partial charge in [-0.1, -0.05) is 18.2 Å². The zero-order valence-electron chi connectivity index (χ0n) is 12.2. The summed E-state index contributed by atoms with van der Waals surface area (Å²) in [5.41, 5.74) is 3.39. The van der Waals surface area contributed by atoms with E-state index in [1.807, 2.05) is 38.2 Å². The zero-order valence-corrected chi connectivity index (χ0v) is 13.0. The predicted octanol–water partition coefficient (Wildman–Crippen LogP) is 3.24. The molecule has 0 aliphatic heterocycles. The van der Waals surface area contributed by atoms with Crippen molar-refractivity contribution in [2.45, 2.75) is 26.9 Å². The zero-order chi connectivity index (χ0) is 14.7. The summed E-state index contributed by atoms with van der Waals surface area (Å²) in [5.74, 6) is 1.00. The number of aromatic nitrogens is 3. The van der Waals surface area contributed by atoms with Crippen LogP contribution in [0.1, 0.15) is 22.2 Å². The Morgan fingerprint density at radius 3 is 2.67 bits per heavy atom. The molecule has 0 spiro atoms. The Labute approximate surface area is 128 Å². The van der Waals surface area contributed by atoms with Gasteiger partial charge in [0.1, 0.15) is 10.8 Å². The second kappa shape index (κ2) is 6.20. The van der Waals surface area contributed by atoms with Crippen LogP contribution in [0.3, 0.4) is 0 Å². The monoisotopic (exact) mass is 298 g/mol. The fourth-order valence-corrected chi connectivity index (χ4v) is 3.07. The lowest BCUT2D eigenvalue weighted by Gasteiger charge is -2.10. The lowest BCUT2D eigenvalue weighted by Crippen LogP contribution is -2.15. The third-order valence-corrected chi connectivity index (χ3v) is 4.24. The second-order valence-electron chi connectivity index (χ2n) is 4.95. The van der Waals surface area contributed by atoms with E-state index in [0.29, 0.717) is 0 Å². The van der Waals surface area contributed by atoms with Gasteiger partial charge in [0, 0.05) is 29.9 Å². The van der Waals surface area contributed by atoms with E-state index in [4.69, 9.17) is 0 Å². The molecular weight excluding hydrogens is 280 g/mol. The number of hydrogen-bond donors (Lipinski definition) is 1. The molecule has 2 aromatic heterocycles. The molecule has 0 saturated carbocycles. The molecule has 1 aromatic carbocycles. The fraction of sp³-hybridized carbons (Fsp3) is 0.250. The summed E-state index contributed by atoms with van der Waals surface area (Å²) in [6, 6.07) is 10.3. The van der Waals surface area contributed by atoms with Crippen molar-refractivity contribution >= 4 is 11.3 Å². The van der Waals surface area contributed by atoms with Crippen molar-refractivity contribution in [2.24, 2.45) is 0 Å². The summed E-state index contributed by atoms with van der Waals surface area (Å²) in [6.07, 6.45) is 1.93. The normalized spacial score (nSPS) is 11.0. The van der Waals surface area contributed by atoms with Gasteiger partial charge in [-0.05, 0) is 26.0 Å². The highest BCUT2D eigenvalue weighted by Crippen LogP contribution is 2.14. The molecule has 0 aliphatic carbocycles. The Bertz CT molecular complexity index is 715. The first-order valence-electron chi connectivity index (χ1n) is 6.94. The van der Waals surface area contributed by atoms with Crippen molar-refractivity contribution < 1.29 is 0 Å². The smallest absolute Gasteiger partial charge is 0.110 e. The maximum absolute atomic E-state index is 4.46. The third-order valence-electron chi connectivity index (χ3n) is 3.27. The topological polar surface area (TPSA) is 42.7 Å². The molecule has 0 radical (unpaired) electrons. The molecule has 4 nitrogen and oxygen atoms in total. The maximum atomic E-state index is 4.46. The Hall–Kier alpha value is -1.98. The lowest BCUT2D eigenvalue weighted by molar-refractivity contribution is 0.664. The predicted molar refractivity (Wildman–Crippen MR) is 85.7 cm³/mol. The van der Waals surface area contributed by atoms with Crippen molar-refractivity contribution in [1.82, 2.24) is 19.9 Å². The first-order valence-corrected chi connectivity index (χ1v) is 7.82. The van der Waals surface area contributed by atoms with E-state index in [1.54, 1.807) is 11.3 Å². The molecule has 1 N–H and O–H groups in total. The van der Waals surface area contributed by atoms with Crippen molar-refractivity contribution in [3.05, 3.63) is 64.1 Å². The molecule has 0 aliphatic rings. The first kappa shape index (κ1) is 14.0. The van der Waals surface area contributed by atoms with Crippen molar-refractivity contribution in [2.75, 3.05) is 0 Å². The summed E-state index contributed by atoms with van der Waals surface area (Å²) in [7, 11) is 0. The van der Waals surface area contributed by atoms with Gasteiger partial charge in [-0.3, -0.25) is 4.57 Å². The van der Waals surface area contributed by atoms with E-state index in [9.17, 15) is 0 Å². The van der Waals surface area contributed by atoms with E-state index < -0.39 is 0 Å². The van der Waals surface area contributed by atoms with Crippen LogP contribution in [0.5, 0.6) is 0 Å². The minimum absolute atomic E-state index is 0.772. The molecule has 108 valence electrons. The van der Waals surface area contributed by atoms with Crippen molar-refractivity contribution in [3.63, 3.8) is 0 Å². The van der Waals surface area contributed by atoms with Gasteiger partial charge in [0.15, 0.2) is 0 Å². The number of nitrogens with zero attached hydrogens (tertiary/aromatic N) is 3. The second-order valence-corrected chi connectivity index (χ2v) is 5.90. The van der Waals surface area contributed by atoms with Gasteiger partial charge in [-0.15, -0.1) is 11.3 Å². The van der Waals surface area contributed by atoms with Gasteiger partial charge in [0.2, 0.25) is 0 Å². The van der Waals surface area contributed by atoms with E-state index in [-0.39, 0.29) is 0 Å². The Kier molecular flexibility index (Phi) is 4.13. The molecule has 0 unspecified atom stereocenters. The molecule has 0 saturated heterocycles. The Morgan fingerprint density at radius 2 is 1.95 bits per heavy atom. The number of rotatable bonds is 5. The molecule has 5 heteroatoms. The average Bonchev–Trinajstić information content (AvgIpc) is 3.06. The number of hydrogen-bond acceptors (Lipinski definition) is 4. The quantitative estimate of drug-likeness (QED) is 0.786.